The number of aliphatic hydroxyl groups is 2. The lowest BCUT2D eigenvalue weighted by Crippen LogP contribution is -2.27. The highest BCUT2D eigenvalue weighted by atomic mass is 19.2. The average Bonchev–Trinajstić information content (AvgIpc) is 3.23. The van der Waals surface area contributed by atoms with Crippen molar-refractivity contribution < 1.29 is 33.7 Å². The highest BCUT2D eigenvalue weighted by molar-refractivity contribution is 5.92. The molecule has 3 rings (SSSR count). The number of rotatable bonds is 12. The Morgan fingerprint density at radius 2 is 1.73 bits per heavy atom. The fourth-order valence-corrected chi connectivity index (χ4v) is 4.17. The van der Waals surface area contributed by atoms with Crippen LogP contribution in [0.4, 0.5) is 8.78 Å². The van der Waals surface area contributed by atoms with E-state index in [1.807, 2.05) is 44.2 Å². The summed E-state index contributed by atoms with van der Waals surface area (Å²) in [6, 6.07) is 12.4. The molecule has 2 atom stereocenters. The van der Waals surface area contributed by atoms with E-state index in [1.165, 1.54) is 6.07 Å². The van der Waals surface area contributed by atoms with Crippen LogP contribution in [0, 0.1) is 11.6 Å². The number of nitrogens with one attached hydrogen (secondary N) is 1. The lowest BCUT2D eigenvalue weighted by molar-refractivity contribution is -0.139. The van der Waals surface area contributed by atoms with Crippen molar-refractivity contribution in [2.24, 2.45) is 0 Å². The summed E-state index contributed by atoms with van der Waals surface area (Å²) in [5.74, 6) is -3.62. The van der Waals surface area contributed by atoms with E-state index in [0.29, 0.717) is 5.69 Å². The van der Waals surface area contributed by atoms with Crippen LogP contribution in [0.1, 0.15) is 61.0 Å². The maximum atomic E-state index is 14.1. The zero-order chi connectivity index (χ0) is 27.1. The van der Waals surface area contributed by atoms with Gasteiger partial charge in [-0.2, -0.15) is 0 Å². The van der Waals surface area contributed by atoms with Crippen LogP contribution in [-0.4, -0.2) is 49.0 Å². The van der Waals surface area contributed by atoms with Gasteiger partial charge in [0.1, 0.15) is 0 Å². The van der Waals surface area contributed by atoms with Crippen molar-refractivity contribution in [2.45, 2.75) is 64.3 Å². The summed E-state index contributed by atoms with van der Waals surface area (Å²) >= 11 is 0. The van der Waals surface area contributed by atoms with E-state index in [-0.39, 0.29) is 48.9 Å². The lowest BCUT2D eigenvalue weighted by atomic mass is 10.0. The Balaban J connectivity index is 1.94. The fraction of sp³-hybridized carbons (Fsp3) is 0.370. The number of carboxylic acid groups (broad SMARTS) is 1. The Morgan fingerprint density at radius 3 is 2.35 bits per heavy atom. The molecule has 37 heavy (non-hydrogen) atoms. The predicted molar refractivity (Wildman–Crippen MR) is 133 cm³/mol. The SMILES string of the molecule is CC(C)n1c(C(=O)NCc2ccccc2)nc(-c2ccc(F)c(F)c2)c1CC[C@@H](O)C[C@@H](O)CC(=O)O. The third-order valence-electron chi connectivity index (χ3n) is 5.89. The minimum atomic E-state index is -1.22. The molecule has 4 N–H and O–H groups in total. The van der Waals surface area contributed by atoms with Crippen LogP contribution in [0.2, 0.25) is 0 Å². The number of hydrogen-bond donors (Lipinski definition) is 4. The molecular formula is C27H31F2N3O5. The number of benzene rings is 2. The molecule has 1 aromatic heterocycles. The molecule has 0 bridgehead atoms. The van der Waals surface area contributed by atoms with Gasteiger partial charge in [0.2, 0.25) is 0 Å². The monoisotopic (exact) mass is 515 g/mol. The summed E-state index contributed by atoms with van der Waals surface area (Å²) in [7, 11) is 0. The molecule has 198 valence electrons. The Labute approximate surface area is 213 Å². The quantitative estimate of drug-likeness (QED) is 0.290. The number of carboxylic acids is 1. The summed E-state index contributed by atoms with van der Waals surface area (Å²) < 4.78 is 29.4. The third kappa shape index (κ3) is 7.43. The predicted octanol–water partition coefficient (Wildman–Crippen LogP) is 3.86. The van der Waals surface area contributed by atoms with Crippen molar-refractivity contribution in [1.82, 2.24) is 14.9 Å². The molecule has 2 aromatic carbocycles. The van der Waals surface area contributed by atoms with Crippen molar-refractivity contribution in [3.63, 3.8) is 0 Å². The second-order valence-corrected chi connectivity index (χ2v) is 9.17. The molecule has 0 aliphatic rings. The van der Waals surface area contributed by atoms with Gasteiger partial charge in [-0.15, -0.1) is 0 Å². The van der Waals surface area contributed by atoms with Crippen LogP contribution in [0.5, 0.6) is 0 Å². The number of nitrogens with zero attached hydrogens (tertiary/aromatic N) is 2. The van der Waals surface area contributed by atoms with Gasteiger partial charge in [-0.25, -0.2) is 13.8 Å². The second-order valence-electron chi connectivity index (χ2n) is 9.17. The van der Waals surface area contributed by atoms with E-state index in [9.17, 15) is 28.6 Å². The molecule has 0 spiro atoms. The Bertz CT molecular complexity index is 1230. The third-order valence-corrected chi connectivity index (χ3v) is 5.89. The second kappa shape index (κ2) is 12.6. The first kappa shape index (κ1) is 27.9. The number of imidazole rings is 1. The van der Waals surface area contributed by atoms with E-state index in [2.05, 4.69) is 10.3 Å². The van der Waals surface area contributed by atoms with Crippen molar-refractivity contribution in [2.75, 3.05) is 0 Å². The molecule has 1 heterocycles. The van der Waals surface area contributed by atoms with Gasteiger partial charge in [0, 0.05) is 23.8 Å². The number of aromatic nitrogens is 2. The van der Waals surface area contributed by atoms with Gasteiger partial charge >= 0.3 is 5.97 Å². The Hall–Kier alpha value is -3.63. The minimum Gasteiger partial charge on any atom is -0.481 e. The highest BCUT2D eigenvalue weighted by Crippen LogP contribution is 2.30. The zero-order valence-corrected chi connectivity index (χ0v) is 20.7. The molecule has 0 unspecified atom stereocenters. The van der Waals surface area contributed by atoms with Crippen LogP contribution in [0.25, 0.3) is 11.3 Å². The minimum absolute atomic E-state index is 0.0843. The molecule has 0 aliphatic carbocycles. The van der Waals surface area contributed by atoms with Gasteiger partial charge in [-0.1, -0.05) is 30.3 Å². The van der Waals surface area contributed by atoms with Crippen molar-refractivity contribution in [1.29, 1.82) is 0 Å². The van der Waals surface area contributed by atoms with Gasteiger partial charge in [0.15, 0.2) is 17.5 Å². The number of aliphatic hydroxyl groups excluding tert-OH is 2. The molecule has 0 saturated heterocycles. The summed E-state index contributed by atoms with van der Waals surface area (Å²) in [5, 5.41) is 31.9. The average molecular weight is 516 g/mol. The van der Waals surface area contributed by atoms with Crippen LogP contribution >= 0.6 is 0 Å². The fourth-order valence-electron chi connectivity index (χ4n) is 4.17. The van der Waals surface area contributed by atoms with Crippen LogP contribution in [-0.2, 0) is 17.8 Å². The van der Waals surface area contributed by atoms with E-state index in [1.54, 1.807) is 4.57 Å². The maximum absolute atomic E-state index is 14.1. The summed E-state index contributed by atoms with van der Waals surface area (Å²) in [6.07, 6.45) is -2.58. The van der Waals surface area contributed by atoms with Crippen LogP contribution in [0.3, 0.4) is 0 Å². The first-order valence-electron chi connectivity index (χ1n) is 12.0. The van der Waals surface area contributed by atoms with Gasteiger partial charge in [-0.05, 0) is 56.9 Å². The number of carbonyl (C=O) groups excluding carboxylic acids is 1. The van der Waals surface area contributed by atoms with Crippen molar-refractivity contribution >= 4 is 11.9 Å². The molecule has 3 aromatic rings. The van der Waals surface area contributed by atoms with Gasteiger partial charge < -0.3 is 25.2 Å². The van der Waals surface area contributed by atoms with Crippen molar-refractivity contribution in [3.05, 3.63) is 77.2 Å². The Morgan fingerprint density at radius 1 is 1.03 bits per heavy atom. The lowest BCUT2D eigenvalue weighted by Gasteiger charge is -2.18. The molecule has 8 nitrogen and oxygen atoms in total. The van der Waals surface area contributed by atoms with Crippen LogP contribution < -0.4 is 5.32 Å². The Kier molecular flexibility index (Phi) is 9.48. The van der Waals surface area contributed by atoms with Gasteiger partial charge in [0.05, 0.1) is 24.3 Å². The number of halogens is 2. The summed E-state index contributed by atoms with van der Waals surface area (Å²) in [4.78, 5) is 28.5. The maximum Gasteiger partial charge on any atom is 0.305 e. The van der Waals surface area contributed by atoms with Gasteiger partial charge in [0.25, 0.3) is 5.91 Å². The first-order chi connectivity index (χ1) is 17.6. The number of hydrogen-bond acceptors (Lipinski definition) is 5. The van der Waals surface area contributed by atoms with Gasteiger partial charge in [-0.3, -0.25) is 9.59 Å². The largest absolute Gasteiger partial charge is 0.481 e. The molecule has 0 fully saturated rings. The number of aliphatic carboxylic acids is 1. The standard InChI is InChI=1S/C27H31F2N3O5/c1-16(2)32-23(11-9-19(33)13-20(34)14-24(35)36)25(18-8-10-21(28)22(29)12-18)31-26(32)27(37)30-15-17-6-4-3-5-7-17/h3-8,10,12,16,19-20,33-34H,9,11,13-15H2,1-2H3,(H,30,37)(H,35,36)/t19-,20-/m1/s1. The molecule has 1 amide bonds. The van der Waals surface area contributed by atoms with E-state index >= 15 is 0 Å². The zero-order valence-electron chi connectivity index (χ0n) is 20.7. The topological polar surface area (TPSA) is 125 Å². The summed E-state index contributed by atoms with van der Waals surface area (Å²) in [5.41, 5.74) is 1.96. The van der Waals surface area contributed by atoms with E-state index in [4.69, 9.17) is 5.11 Å². The van der Waals surface area contributed by atoms with Crippen molar-refractivity contribution in [3.8, 4) is 11.3 Å². The van der Waals surface area contributed by atoms with E-state index < -0.39 is 42.1 Å². The molecule has 0 radical (unpaired) electrons. The number of amides is 1. The normalized spacial score (nSPS) is 12.9. The molecule has 10 heteroatoms. The van der Waals surface area contributed by atoms with E-state index in [0.717, 1.165) is 17.7 Å². The molecular weight excluding hydrogens is 484 g/mol. The smallest absolute Gasteiger partial charge is 0.305 e. The van der Waals surface area contributed by atoms with Crippen LogP contribution in [0.15, 0.2) is 48.5 Å². The molecule has 0 saturated carbocycles. The first-order valence-corrected chi connectivity index (χ1v) is 12.0. The molecule has 0 aliphatic heterocycles. The number of carbonyl (C=O) groups is 2. The summed E-state index contributed by atoms with van der Waals surface area (Å²) in [6.45, 7) is 3.96. The highest BCUT2D eigenvalue weighted by Gasteiger charge is 2.26.